The van der Waals surface area contributed by atoms with E-state index in [9.17, 15) is 8.78 Å². The lowest BCUT2D eigenvalue weighted by atomic mass is 10.3. The summed E-state index contributed by atoms with van der Waals surface area (Å²) < 4.78 is 24.5. The second kappa shape index (κ2) is 2.73. The van der Waals surface area contributed by atoms with Crippen LogP contribution in [-0.4, -0.2) is 4.98 Å². The fourth-order valence-electron chi connectivity index (χ4n) is 0.652. The minimum Gasteiger partial charge on any atom is -0.222 e. The monoisotopic (exact) mass is 143 g/mol. The van der Waals surface area contributed by atoms with Gasteiger partial charge >= 0.3 is 0 Å². The van der Waals surface area contributed by atoms with Crippen molar-refractivity contribution < 1.29 is 8.78 Å². The quantitative estimate of drug-likeness (QED) is 0.547. The summed E-state index contributed by atoms with van der Waals surface area (Å²) in [6.07, 6.45) is 0.622. The Bertz CT molecular complexity index is 235. The van der Waals surface area contributed by atoms with Crippen LogP contribution in [0.5, 0.6) is 0 Å². The summed E-state index contributed by atoms with van der Waals surface area (Å²) in [5, 5.41) is 0. The molecule has 0 atom stereocenters. The smallest absolute Gasteiger partial charge is 0.222 e. The van der Waals surface area contributed by atoms with E-state index in [1.165, 1.54) is 6.07 Å². The standard InChI is InChI=1S/C7H7F2N/c1-2-5-3-4-6(8)7(9)10-5/h3-4H,2H2,1H3. The molecule has 0 radical (unpaired) electrons. The van der Waals surface area contributed by atoms with Gasteiger partial charge in [-0.1, -0.05) is 6.92 Å². The van der Waals surface area contributed by atoms with Crippen LogP contribution in [0.15, 0.2) is 12.1 Å². The van der Waals surface area contributed by atoms with Gasteiger partial charge in [-0.05, 0) is 18.6 Å². The molecule has 0 unspecified atom stereocenters. The fourth-order valence-corrected chi connectivity index (χ4v) is 0.652. The minimum absolute atomic E-state index is 0.568. The molecule has 54 valence electrons. The van der Waals surface area contributed by atoms with Crippen molar-refractivity contribution in [1.29, 1.82) is 0 Å². The van der Waals surface area contributed by atoms with Gasteiger partial charge in [-0.25, -0.2) is 9.37 Å². The van der Waals surface area contributed by atoms with Crippen LogP contribution in [0, 0.1) is 11.8 Å². The molecule has 0 spiro atoms. The average Bonchev–Trinajstić information content (AvgIpc) is 1.95. The molecule has 10 heavy (non-hydrogen) atoms. The second-order valence-electron chi connectivity index (χ2n) is 1.93. The van der Waals surface area contributed by atoms with Crippen molar-refractivity contribution in [2.75, 3.05) is 0 Å². The molecule has 0 N–H and O–H groups in total. The van der Waals surface area contributed by atoms with Gasteiger partial charge in [0.05, 0.1) is 0 Å². The van der Waals surface area contributed by atoms with Crippen molar-refractivity contribution >= 4 is 0 Å². The summed E-state index contributed by atoms with van der Waals surface area (Å²) in [6.45, 7) is 1.83. The van der Waals surface area contributed by atoms with Gasteiger partial charge in [-0.3, -0.25) is 0 Å². The number of nitrogens with zero attached hydrogens (tertiary/aromatic N) is 1. The third-order valence-corrected chi connectivity index (χ3v) is 1.22. The van der Waals surface area contributed by atoms with Crippen LogP contribution in [0.25, 0.3) is 0 Å². The summed E-state index contributed by atoms with van der Waals surface area (Å²) in [5.41, 5.74) is 0.568. The predicted octanol–water partition coefficient (Wildman–Crippen LogP) is 1.92. The lowest BCUT2D eigenvalue weighted by Gasteiger charge is -1.94. The molecule has 3 heteroatoms. The van der Waals surface area contributed by atoms with Gasteiger partial charge in [0, 0.05) is 5.69 Å². The van der Waals surface area contributed by atoms with Gasteiger partial charge in [0.2, 0.25) is 5.95 Å². The molecule has 0 aliphatic heterocycles. The average molecular weight is 143 g/mol. The van der Waals surface area contributed by atoms with E-state index in [2.05, 4.69) is 4.98 Å². The zero-order chi connectivity index (χ0) is 7.56. The molecule has 0 aromatic carbocycles. The highest BCUT2D eigenvalue weighted by atomic mass is 19.2. The Morgan fingerprint density at radius 3 is 2.60 bits per heavy atom. The topological polar surface area (TPSA) is 12.9 Å². The maximum absolute atomic E-state index is 12.3. The first-order valence-corrected chi connectivity index (χ1v) is 3.05. The maximum atomic E-state index is 12.3. The highest BCUT2D eigenvalue weighted by Crippen LogP contribution is 2.03. The Morgan fingerprint density at radius 1 is 1.40 bits per heavy atom. The van der Waals surface area contributed by atoms with E-state index in [1.54, 1.807) is 0 Å². The van der Waals surface area contributed by atoms with Crippen LogP contribution in [0.4, 0.5) is 8.78 Å². The van der Waals surface area contributed by atoms with Gasteiger partial charge in [-0.2, -0.15) is 4.39 Å². The molecule has 0 saturated heterocycles. The molecule has 1 nitrogen and oxygen atoms in total. The molecule has 0 saturated carbocycles. The molecular formula is C7H7F2N. The second-order valence-corrected chi connectivity index (χ2v) is 1.93. The number of aryl methyl sites for hydroxylation is 1. The van der Waals surface area contributed by atoms with Gasteiger partial charge in [-0.15, -0.1) is 0 Å². The van der Waals surface area contributed by atoms with Crippen LogP contribution < -0.4 is 0 Å². The molecular weight excluding hydrogens is 136 g/mol. The first-order chi connectivity index (χ1) is 4.74. The molecule has 1 aromatic heterocycles. The fraction of sp³-hybridized carbons (Fsp3) is 0.286. The molecule has 0 aliphatic carbocycles. The molecule has 0 amide bonds. The highest BCUT2D eigenvalue weighted by molar-refractivity contribution is 5.05. The Morgan fingerprint density at radius 2 is 2.10 bits per heavy atom. The first-order valence-electron chi connectivity index (χ1n) is 3.05. The van der Waals surface area contributed by atoms with E-state index in [0.717, 1.165) is 6.07 Å². The lowest BCUT2D eigenvalue weighted by Crippen LogP contribution is -1.93. The normalized spacial score (nSPS) is 9.90. The van der Waals surface area contributed by atoms with E-state index in [4.69, 9.17) is 0 Å². The predicted molar refractivity (Wildman–Crippen MR) is 33.5 cm³/mol. The summed E-state index contributed by atoms with van der Waals surface area (Å²) >= 11 is 0. The van der Waals surface area contributed by atoms with Crippen LogP contribution >= 0.6 is 0 Å². The van der Waals surface area contributed by atoms with Crippen molar-refractivity contribution in [3.8, 4) is 0 Å². The zero-order valence-electron chi connectivity index (χ0n) is 5.56. The van der Waals surface area contributed by atoms with E-state index in [0.29, 0.717) is 12.1 Å². The summed E-state index contributed by atoms with van der Waals surface area (Å²) in [5.74, 6) is -1.91. The van der Waals surface area contributed by atoms with Crippen LogP contribution in [0.1, 0.15) is 12.6 Å². The zero-order valence-corrected chi connectivity index (χ0v) is 5.56. The largest absolute Gasteiger partial charge is 0.249 e. The number of hydrogen-bond acceptors (Lipinski definition) is 1. The van der Waals surface area contributed by atoms with Crippen molar-refractivity contribution in [2.24, 2.45) is 0 Å². The Kier molecular flexibility index (Phi) is 1.94. The number of hydrogen-bond donors (Lipinski definition) is 0. The van der Waals surface area contributed by atoms with E-state index < -0.39 is 11.8 Å². The summed E-state index contributed by atoms with van der Waals surface area (Å²) in [4.78, 5) is 3.35. The van der Waals surface area contributed by atoms with Crippen molar-refractivity contribution in [2.45, 2.75) is 13.3 Å². The molecule has 0 aliphatic rings. The van der Waals surface area contributed by atoms with Gasteiger partial charge in [0.25, 0.3) is 0 Å². The Balaban J connectivity index is 3.04. The summed E-state index contributed by atoms with van der Waals surface area (Å²) in [6, 6.07) is 2.56. The SMILES string of the molecule is CCc1ccc(F)c(F)n1. The van der Waals surface area contributed by atoms with Crippen molar-refractivity contribution in [1.82, 2.24) is 4.98 Å². The molecule has 0 bridgehead atoms. The first kappa shape index (κ1) is 7.12. The number of halogens is 2. The number of pyridine rings is 1. The van der Waals surface area contributed by atoms with E-state index >= 15 is 0 Å². The third-order valence-electron chi connectivity index (χ3n) is 1.22. The van der Waals surface area contributed by atoms with Crippen molar-refractivity contribution in [3.05, 3.63) is 29.6 Å². The Labute approximate surface area is 57.7 Å². The van der Waals surface area contributed by atoms with Crippen molar-refractivity contribution in [3.63, 3.8) is 0 Å². The minimum atomic E-state index is -1.01. The van der Waals surface area contributed by atoms with Crippen LogP contribution in [0.3, 0.4) is 0 Å². The highest BCUT2D eigenvalue weighted by Gasteiger charge is 2.01. The molecule has 1 rings (SSSR count). The maximum Gasteiger partial charge on any atom is 0.249 e. The van der Waals surface area contributed by atoms with E-state index in [-0.39, 0.29) is 0 Å². The van der Waals surface area contributed by atoms with E-state index in [1.807, 2.05) is 6.92 Å². The van der Waals surface area contributed by atoms with Gasteiger partial charge in [0.1, 0.15) is 0 Å². The third kappa shape index (κ3) is 1.29. The molecule has 0 fully saturated rings. The Hall–Kier alpha value is -0.990. The van der Waals surface area contributed by atoms with Crippen LogP contribution in [0.2, 0.25) is 0 Å². The van der Waals surface area contributed by atoms with Crippen LogP contribution in [-0.2, 0) is 6.42 Å². The number of aromatic nitrogens is 1. The lowest BCUT2D eigenvalue weighted by molar-refractivity contribution is 0.475. The summed E-state index contributed by atoms with van der Waals surface area (Å²) in [7, 11) is 0. The molecule has 1 heterocycles. The van der Waals surface area contributed by atoms with Gasteiger partial charge in [0.15, 0.2) is 5.82 Å². The van der Waals surface area contributed by atoms with Gasteiger partial charge < -0.3 is 0 Å². The number of rotatable bonds is 1. The molecule has 1 aromatic rings.